The Bertz CT molecular complexity index is 647. The molecule has 0 bridgehead atoms. The molecule has 0 heterocycles. The second kappa shape index (κ2) is 6.46. The third-order valence-electron chi connectivity index (χ3n) is 3.07. The molecule has 0 aliphatic heterocycles. The van der Waals surface area contributed by atoms with Crippen LogP contribution in [0.4, 0.5) is 11.4 Å². The zero-order chi connectivity index (χ0) is 15.5. The fraction of sp³-hybridized carbons (Fsp3) is 0.235. The van der Waals surface area contributed by atoms with Gasteiger partial charge in [-0.15, -0.1) is 0 Å². The lowest BCUT2D eigenvalue weighted by Gasteiger charge is -2.23. The molecule has 0 spiro atoms. The van der Waals surface area contributed by atoms with Crippen molar-refractivity contribution in [3.63, 3.8) is 0 Å². The van der Waals surface area contributed by atoms with Gasteiger partial charge in [0, 0.05) is 16.4 Å². The first-order chi connectivity index (χ1) is 9.86. The first kappa shape index (κ1) is 15.8. The third-order valence-corrected chi connectivity index (χ3v) is 3.50. The van der Waals surface area contributed by atoms with Crippen LogP contribution in [0, 0.1) is 0 Å². The van der Waals surface area contributed by atoms with E-state index in [0.29, 0.717) is 10.1 Å². The quantitative estimate of drug-likeness (QED) is 0.720. The van der Waals surface area contributed by atoms with Gasteiger partial charge in [0.2, 0.25) is 0 Å². The van der Waals surface area contributed by atoms with Crippen LogP contribution in [-0.2, 0) is 5.41 Å². The highest BCUT2D eigenvalue weighted by atomic mass is 35.5. The summed E-state index contributed by atoms with van der Waals surface area (Å²) in [5.41, 5.74) is 3.16. The molecule has 0 saturated carbocycles. The molecule has 0 saturated heterocycles. The average Bonchev–Trinajstić information content (AvgIpc) is 2.37. The van der Waals surface area contributed by atoms with Crippen molar-refractivity contribution in [1.82, 2.24) is 0 Å². The average molecular weight is 319 g/mol. The highest BCUT2D eigenvalue weighted by Crippen LogP contribution is 2.29. The maximum atomic E-state index is 5.97. The molecule has 2 rings (SSSR count). The summed E-state index contributed by atoms with van der Waals surface area (Å²) < 4.78 is 0. The van der Waals surface area contributed by atoms with Gasteiger partial charge in [0.15, 0.2) is 5.11 Å². The number of thiocarbonyl (C=S) groups is 1. The largest absolute Gasteiger partial charge is 0.332 e. The molecule has 0 radical (unpaired) electrons. The summed E-state index contributed by atoms with van der Waals surface area (Å²) in [6.07, 6.45) is 0. The highest BCUT2D eigenvalue weighted by Gasteiger charge is 2.17. The van der Waals surface area contributed by atoms with Gasteiger partial charge in [0.05, 0.1) is 0 Å². The topological polar surface area (TPSA) is 24.1 Å². The van der Waals surface area contributed by atoms with E-state index in [0.717, 1.165) is 11.4 Å². The molecule has 21 heavy (non-hydrogen) atoms. The van der Waals surface area contributed by atoms with E-state index in [4.69, 9.17) is 23.8 Å². The van der Waals surface area contributed by atoms with E-state index >= 15 is 0 Å². The van der Waals surface area contributed by atoms with Crippen molar-refractivity contribution in [1.29, 1.82) is 0 Å². The lowest BCUT2D eigenvalue weighted by Crippen LogP contribution is -2.22. The Balaban J connectivity index is 2.14. The number of rotatable bonds is 2. The lowest BCUT2D eigenvalue weighted by molar-refractivity contribution is 0.592. The molecule has 0 aliphatic carbocycles. The summed E-state index contributed by atoms with van der Waals surface area (Å²) in [6.45, 7) is 6.54. The van der Waals surface area contributed by atoms with Gasteiger partial charge in [0.1, 0.15) is 0 Å². The number of para-hydroxylation sites is 1. The van der Waals surface area contributed by atoms with E-state index in [1.807, 2.05) is 42.5 Å². The van der Waals surface area contributed by atoms with Crippen molar-refractivity contribution >= 4 is 40.3 Å². The van der Waals surface area contributed by atoms with Crippen LogP contribution in [0.25, 0.3) is 0 Å². The highest BCUT2D eigenvalue weighted by molar-refractivity contribution is 7.80. The summed E-state index contributed by atoms with van der Waals surface area (Å²) in [6, 6.07) is 15.7. The zero-order valence-corrected chi connectivity index (χ0v) is 14.0. The van der Waals surface area contributed by atoms with Gasteiger partial charge in [-0.2, -0.15) is 0 Å². The Morgan fingerprint density at radius 2 is 1.71 bits per heavy atom. The summed E-state index contributed by atoms with van der Waals surface area (Å²) >= 11 is 11.3. The van der Waals surface area contributed by atoms with Crippen molar-refractivity contribution in [2.24, 2.45) is 0 Å². The van der Waals surface area contributed by atoms with Crippen molar-refractivity contribution < 1.29 is 0 Å². The second-order valence-electron chi connectivity index (χ2n) is 5.89. The third kappa shape index (κ3) is 4.45. The van der Waals surface area contributed by atoms with Crippen LogP contribution in [0.1, 0.15) is 26.3 Å². The van der Waals surface area contributed by atoms with Gasteiger partial charge in [-0.25, -0.2) is 0 Å². The number of hydrogen-bond donors (Lipinski definition) is 2. The van der Waals surface area contributed by atoms with Gasteiger partial charge in [0.25, 0.3) is 0 Å². The Morgan fingerprint density at radius 1 is 1.00 bits per heavy atom. The molecule has 0 aromatic heterocycles. The zero-order valence-electron chi connectivity index (χ0n) is 12.4. The van der Waals surface area contributed by atoms with E-state index < -0.39 is 0 Å². The predicted octanol–water partition coefficient (Wildman–Crippen LogP) is 5.45. The SMILES string of the molecule is CC(C)(C)c1ccccc1NC(=S)Nc1cccc(Cl)c1. The van der Waals surface area contributed by atoms with Crippen LogP contribution in [-0.4, -0.2) is 5.11 Å². The molecule has 2 aromatic carbocycles. The first-order valence-electron chi connectivity index (χ1n) is 6.79. The summed E-state index contributed by atoms with van der Waals surface area (Å²) in [4.78, 5) is 0. The van der Waals surface area contributed by atoms with E-state index in [-0.39, 0.29) is 5.41 Å². The van der Waals surface area contributed by atoms with Crippen LogP contribution >= 0.6 is 23.8 Å². The standard InChI is InChI=1S/C17H19ClN2S/c1-17(2,3)14-9-4-5-10-15(14)20-16(21)19-13-8-6-7-12(18)11-13/h4-11H,1-3H3,(H2,19,20,21). The Labute approximate surface area is 136 Å². The molecule has 110 valence electrons. The molecule has 4 heteroatoms. The number of nitrogens with one attached hydrogen (secondary N) is 2. The van der Waals surface area contributed by atoms with Gasteiger partial charge < -0.3 is 10.6 Å². The van der Waals surface area contributed by atoms with Gasteiger partial charge >= 0.3 is 0 Å². The maximum absolute atomic E-state index is 5.97. The van der Waals surface area contributed by atoms with Crippen LogP contribution in [0.5, 0.6) is 0 Å². The fourth-order valence-electron chi connectivity index (χ4n) is 2.10. The van der Waals surface area contributed by atoms with E-state index in [1.165, 1.54) is 5.56 Å². The van der Waals surface area contributed by atoms with Gasteiger partial charge in [-0.05, 0) is 47.5 Å². The minimum Gasteiger partial charge on any atom is -0.332 e. The number of anilines is 2. The van der Waals surface area contributed by atoms with Gasteiger partial charge in [-0.1, -0.05) is 56.6 Å². The maximum Gasteiger partial charge on any atom is 0.175 e. The van der Waals surface area contributed by atoms with E-state index in [9.17, 15) is 0 Å². The number of hydrogen-bond acceptors (Lipinski definition) is 1. The Kier molecular flexibility index (Phi) is 4.86. The predicted molar refractivity (Wildman–Crippen MR) is 96.4 cm³/mol. The lowest BCUT2D eigenvalue weighted by atomic mass is 9.86. The van der Waals surface area contributed by atoms with Crippen molar-refractivity contribution in [2.75, 3.05) is 10.6 Å². The van der Waals surface area contributed by atoms with Crippen LogP contribution < -0.4 is 10.6 Å². The molecule has 0 unspecified atom stereocenters. The molecule has 0 fully saturated rings. The second-order valence-corrected chi connectivity index (χ2v) is 6.73. The monoisotopic (exact) mass is 318 g/mol. The molecule has 2 nitrogen and oxygen atoms in total. The molecular formula is C17H19ClN2S. The van der Waals surface area contributed by atoms with Crippen molar-refractivity contribution in [2.45, 2.75) is 26.2 Å². The van der Waals surface area contributed by atoms with Gasteiger partial charge in [-0.3, -0.25) is 0 Å². The van der Waals surface area contributed by atoms with E-state index in [1.54, 1.807) is 0 Å². The minimum atomic E-state index is 0.0509. The number of halogens is 1. The number of benzene rings is 2. The molecule has 2 N–H and O–H groups in total. The molecule has 0 amide bonds. The molecule has 0 atom stereocenters. The fourth-order valence-corrected chi connectivity index (χ4v) is 2.52. The van der Waals surface area contributed by atoms with Crippen molar-refractivity contribution in [3.05, 3.63) is 59.1 Å². The minimum absolute atomic E-state index is 0.0509. The molecular weight excluding hydrogens is 300 g/mol. The Morgan fingerprint density at radius 3 is 2.38 bits per heavy atom. The summed E-state index contributed by atoms with van der Waals surface area (Å²) in [5, 5.41) is 7.64. The normalized spacial score (nSPS) is 11.0. The molecule has 2 aromatic rings. The van der Waals surface area contributed by atoms with Crippen LogP contribution in [0.15, 0.2) is 48.5 Å². The smallest absolute Gasteiger partial charge is 0.175 e. The van der Waals surface area contributed by atoms with Crippen LogP contribution in [0.2, 0.25) is 5.02 Å². The Hall–Kier alpha value is -1.58. The summed E-state index contributed by atoms with van der Waals surface area (Å²) in [7, 11) is 0. The van der Waals surface area contributed by atoms with Crippen LogP contribution in [0.3, 0.4) is 0 Å². The van der Waals surface area contributed by atoms with Crippen molar-refractivity contribution in [3.8, 4) is 0 Å². The molecule has 0 aliphatic rings. The first-order valence-corrected chi connectivity index (χ1v) is 7.58. The summed E-state index contributed by atoms with van der Waals surface area (Å²) in [5.74, 6) is 0. The van der Waals surface area contributed by atoms with E-state index in [2.05, 4.69) is 37.5 Å².